The molecule has 1 rings (SSSR count). The first-order valence-corrected chi connectivity index (χ1v) is 8.63. The molecule has 0 aromatic heterocycles. The molecule has 0 aliphatic rings. The fourth-order valence-electron chi connectivity index (χ4n) is 2.52. The fourth-order valence-corrected chi connectivity index (χ4v) is 2.52. The quantitative estimate of drug-likeness (QED) is 0.440. The molecule has 1 heteroatoms. The summed E-state index contributed by atoms with van der Waals surface area (Å²) in [5, 5.41) is 3.50. The Hall–Kier alpha value is -0.980. The monoisotopic (exact) mass is 275 g/mol. The van der Waals surface area contributed by atoms with Gasteiger partial charge in [-0.05, 0) is 25.5 Å². The molecule has 1 aromatic carbocycles. The van der Waals surface area contributed by atoms with Crippen LogP contribution in [0.4, 0.5) is 5.69 Å². The van der Waals surface area contributed by atoms with Crippen molar-refractivity contribution in [2.45, 2.75) is 78.1 Å². The van der Waals surface area contributed by atoms with Crippen molar-refractivity contribution in [1.29, 1.82) is 0 Å². The van der Waals surface area contributed by atoms with E-state index in [4.69, 9.17) is 0 Å². The predicted octanol–water partition coefficient (Wildman–Crippen LogP) is 6.33. The highest BCUT2D eigenvalue weighted by molar-refractivity contribution is 5.44. The minimum absolute atomic E-state index is 1.11. The van der Waals surface area contributed by atoms with Gasteiger partial charge in [0.2, 0.25) is 0 Å². The van der Waals surface area contributed by atoms with Gasteiger partial charge in [0.15, 0.2) is 0 Å². The van der Waals surface area contributed by atoms with Crippen molar-refractivity contribution >= 4 is 5.69 Å². The van der Waals surface area contributed by atoms with Crippen molar-refractivity contribution in [2.24, 2.45) is 0 Å². The van der Waals surface area contributed by atoms with Crippen molar-refractivity contribution in [3.63, 3.8) is 0 Å². The molecule has 20 heavy (non-hydrogen) atoms. The molecule has 0 aliphatic carbocycles. The molecule has 0 unspecified atom stereocenters. The van der Waals surface area contributed by atoms with Gasteiger partial charge in [-0.2, -0.15) is 0 Å². The van der Waals surface area contributed by atoms with Crippen LogP contribution in [0.3, 0.4) is 0 Å². The van der Waals surface area contributed by atoms with Crippen molar-refractivity contribution < 1.29 is 0 Å². The van der Waals surface area contributed by atoms with E-state index in [1.54, 1.807) is 0 Å². The summed E-state index contributed by atoms with van der Waals surface area (Å²) in [6.45, 7) is 5.52. The molecule has 0 aliphatic heterocycles. The second-order valence-corrected chi connectivity index (χ2v) is 5.97. The minimum Gasteiger partial charge on any atom is -0.385 e. The maximum Gasteiger partial charge on any atom is 0.0340 e. The van der Waals surface area contributed by atoms with Crippen molar-refractivity contribution in [3.8, 4) is 0 Å². The molecule has 0 amide bonds. The third-order valence-electron chi connectivity index (χ3n) is 3.91. The SMILES string of the molecule is CCCCCCCCCCCCNc1ccc(C)cc1. The van der Waals surface area contributed by atoms with Crippen LogP contribution in [0.15, 0.2) is 24.3 Å². The summed E-state index contributed by atoms with van der Waals surface area (Å²) in [6.07, 6.45) is 14.0. The van der Waals surface area contributed by atoms with Gasteiger partial charge >= 0.3 is 0 Å². The number of hydrogen-bond acceptors (Lipinski definition) is 1. The molecule has 0 saturated heterocycles. The first-order chi connectivity index (χ1) is 9.83. The zero-order chi connectivity index (χ0) is 14.5. The van der Waals surface area contributed by atoms with E-state index in [2.05, 4.69) is 43.4 Å². The lowest BCUT2D eigenvalue weighted by Crippen LogP contribution is -2.01. The Kier molecular flexibility index (Phi) is 10.1. The first-order valence-electron chi connectivity index (χ1n) is 8.63. The lowest BCUT2D eigenvalue weighted by molar-refractivity contribution is 0.560. The Bertz CT molecular complexity index is 315. The molecule has 114 valence electrons. The Morgan fingerprint density at radius 1 is 0.700 bits per heavy atom. The minimum atomic E-state index is 1.11. The molecule has 0 saturated carbocycles. The van der Waals surface area contributed by atoms with Gasteiger partial charge in [-0.15, -0.1) is 0 Å². The summed E-state index contributed by atoms with van der Waals surface area (Å²) in [5.41, 5.74) is 2.58. The summed E-state index contributed by atoms with van der Waals surface area (Å²) in [5.74, 6) is 0. The van der Waals surface area contributed by atoms with Crippen molar-refractivity contribution in [1.82, 2.24) is 0 Å². The molecular formula is C19H33N. The standard InChI is InChI=1S/C19H33N/c1-3-4-5-6-7-8-9-10-11-12-17-20-19-15-13-18(2)14-16-19/h13-16,20H,3-12,17H2,1-2H3. The molecule has 0 fully saturated rings. The second-order valence-electron chi connectivity index (χ2n) is 5.97. The Morgan fingerprint density at radius 3 is 1.75 bits per heavy atom. The van der Waals surface area contributed by atoms with Crippen LogP contribution in [0, 0.1) is 6.92 Å². The highest BCUT2D eigenvalue weighted by Crippen LogP contribution is 2.11. The lowest BCUT2D eigenvalue weighted by Gasteiger charge is -2.06. The summed E-state index contributed by atoms with van der Waals surface area (Å²) in [6, 6.07) is 8.68. The number of rotatable bonds is 12. The van der Waals surface area contributed by atoms with Crippen LogP contribution in [-0.2, 0) is 0 Å². The Balaban J connectivity index is 1.84. The third kappa shape index (κ3) is 9.01. The van der Waals surface area contributed by atoms with Gasteiger partial charge in [-0.25, -0.2) is 0 Å². The molecule has 0 radical (unpaired) electrons. The second kappa shape index (κ2) is 11.8. The maximum atomic E-state index is 3.50. The molecule has 0 heterocycles. The van der Waals surface area contributed by atoms with Crippen LogP contribution in [0.25, 0.3) is 0 Å². The molecule has 0 atom stereocenters. The number of benzene rings is 1. The number of unbranched alkanes of at least 4 members (excludes halogenated alkanes) is 9. The van der Waals surface area contributed by atoms with E-state index in [0.29, 0.717) is 0 Å². The third-order valence-corrected chi connectivity index (χ3v) is 3.91. The predicted molar refractivity (Wildman–Crippen MR) is 91.5 cm³/mol. The van der Waals surface area contributed by atoms with E-state index in [9.17, 15) is 0 Å². The maximum absolute atomic E-state index is 3.50. The summed E-state index contributed by atoms with van der Waals surface area (Å²) < 4.78 is 0. The average Bonchev–Trinajstić information content (AvgIpc) is 2.47. The van der Waals surface area contributed by atoms with Gasteiger partial charge in [-0.3, -0.25) is 0 Å². The average molecular weight is 275 g/mol. The van der Waals surface area contributed by atoms with Crippen LogP contribution in [0.2, 0.25) is 0 Å². The number of aryl methyl sites for hydroxylation is 1. The van der Waals surface area contributed by atoms with Gasteiger partial charge in [0.05, 0.1) is 0 Å². The van der Waals surface area contributed by atoms with Crippen molar-refractivity contribution in [2.75, 3.05) is 11.9 Å². The van der Waals surface area contributed by atoms with Gasteiger partial charge in [0.1, 0.15) is 0 Å². The summed E-state index contributed by atoms with van der Waals surface area (Å²) in [7, 11) is 0. The zero-order valence-electron chi connectivity index (χ0n) is 13.6. The van der Waals surface area contributed by atoms with E-state index in [1.165, 1.54) is 75.5 Å². The van der Waals surface area contributed by atoms with E-state index in [0.717, 1.165) is 6.54 Å². The Morgan fingerprint density at radius 2 is 1.20 bits per heavy atom. The molecule has 1 N–H and O–H groups in total. The molecule has 1 nitrogen and oxygen atoms in total. The van der Waals surface area contributed by atoms with Crippen LogP contribution in [-0.4, -0.2) is 6.54 Å². The Labute approximate surface area is 126 Å². The van der Waals surface area contributed by atoms with E-state index < -0.39 is 0 Å². The summed E-state index contributed by atoms with van der Waals surface area (Å²) >= 11 is 0. The van der Waals surface area contributed by atoms with Crippen LogP contribution >= 0.6 is 0 Å². The van der Waals surface area contributed by atoms with Gasteiger partial charge in [0.25, 0.3) is 0 Å². The molecule has 0 spiro atoms. The zero-order valence-corrected chi connectivity index (χ0v) is 13.6. The topological polar surface area (TPSA) is 12.0 Å². The van der Waals surface area contributed by atoms with Gasteiger partial charge < -0.3 is 5.32 Å². The smallest absolute Gasteiger partial charge is 0.0340 e. The van der Waals surface area contributed by atoms with Crippen LogP contribution in [0.1, 0.15) is 76.7 Å². The highest BCUT2D eigenvalue weighted by atomic mass is 14.9. The van der Waals surface area contributed by atoms with Crippen molar-refractivity contribution in [3.05, 3.63) is 29.8 Å². The number of hydrogen-bond donors (Lipinski definition) is 1. The normalized spacial score (nSPS) is 10.7. The molecular weight excluding hydrogens is 242 g/mol. The molecule has 1 aromatic rings. The summed E-state index contributed by atoms with van der Waals surface area (Å²) in [4.78, 5) is 0. The largest absolute Gasteiger partial charge is 0.385 e. The number of anilines is 1. The van der Waals surface area contributed by atoms with Crippen LogP contribution in [0.5, 0.6) is 0 Å². The van der Waals surface area contributed by atoms with E-state index in [-0.39, 0.29) is 0 Å². The number of nitrogens with one attached hydrogen (secondary N) is 1. The van der Waals surface area contributed by atoms with Gasteiger partial charge in [0, 0.05) is 12.2 Å². The van der Waals surface area contributed by atoms with Crippen LogP contribution < -0.4 is 5.32 Å². The first kappa shape index (κ1) is 17.1. The van der Waals surface area contributed by atoms with E-state index in [1.807, 2.05) is 0 Å². The highest BCUT2D eigenvalue weighted by Gasteiger charge is 1.94. The fraction of sp³-hybridized carbons (Fsp3) is 0.684. The van der Waals surface area contributed by atoms with E-state index >= 15 is 0 Å². The lowest BCUT2D eigenvalue weighted by atomic mass is 10.1. The molecule has 0 bridgehead atoms. The van der Waals surface area contributed by atoms with Gasteiger partial charge in [-0.1, -0.05) is 82.4 Å².